The Bertz CT molecular complexity index is 905. The van der Waals surface area contributed by atoms with Crippen molar-refractivity contribution in [3.8, 4) is 17.1 Å². The number of nitrogens with zero attached hydrogens (tertiary/aromatic N) is 5. The first-order chi connectivity index (χ1) is 12.7. The van der Waals surface area contributed by atoms with Gasteiger partial charge in [-0.25, -0.2) is 4.98 Å². The summed E-state index contributed by atoms with van der Waals surface area (Å²) < 4.78 is 7.05. The van der Waals surface area contributed by atoms with Gasteiger partial charge in [0.25, 0.3) is 5.91 Å². The summed E-state index contributed by atoms with van der Waals surface area (Å²) in [6.07, 6.45) is 5.93. The zero-order valence-corrected chi connectivity index (χ0v) is 14.5. The summed E-state index contributed by atoms with van der Waals surface area (Å²) in [5.41, 5.74) is 3.53. The van der Waals surface area contributed by atoms with Gasteiger partial charge in [0.15, 0.2) is 0 Å². The monoisotopic (exact) mass is 349 g/mol. The molecule has 0 saturated carbocycles. The van der Waals surface area contributed by atoms with Crippen LogP contribution in [0.3, 0.4) is 0 Å². The highest BCUT2D eigenvalue weighted by atomic mass is 16.5. The summed E-state index contributed by atoms with van der Waals surface area (Å²) in [5.74, 6) is 0.470. The number of hydrogen-bond donors (Lipinski definition) is 0. The molecule has 3 aromatic heterocycles. The maximum Gasteiger partial charge on any atom is 0.255 e. The molecule has 0 saturated heterocycles. The highest BCUT2D eigenvalue weighted by Gasteiger charge is 2.22. The lowest BCUT2D eigenvalue weighted by molar-refractivity contribution is 0.0745. The molecule has 0 atom stereocenters. The second kappa shape index (κ2) is 6.95. The van der Waals surface area contributed by atoms with Crippen molar-refractivity contribution < 1.29 is 9.53 Å². The van der Waals surface area contributed by atoms with Crippen LogP contribution in [0, 0.1) is 0 Å². The second-order valence-corrected chi connectivity index (χ2v) is 6.15. The Morgan fingerprint density at radius 2 is 2.00 bits per heavy atom. The van der Waals surface area contributed by atoms with Crippen LogP contribution in [-0.4, -0.2) is 44.2 Å². The van der Waals surface area contributed by atoms with Gasteiger partial charge in [-0.3, -0.25) is 14.5 Å². The molecule has 132 valence electrons. The van der Waals surface area contributed by atoms with Crippen molar-refractivity contribution in [3.63, 3.8) is 0 Å². The molecular weight excluding hydrogens is 330 g/mol. The molecule has 0 radical (unpaired) electrons. The molecule has 0 spiro atoms. The van der Waals surface area contributed by atoms with E-state index >= 15 is 0 Å². The molecule has 1 amide bonds. The largest absolute Gasteiger partial charge is 0.481 e. The maximum absolute atomic E-state index is 12.8. The van der Waals surface area contributed by atoms with Crippen molar-refractivity contribution in [1.82, 2.24) is 24.6 Å². The number of rotatable bonds is 3. The predicted octanol–water partition coefficient (Wildman–Crippen LogP) is 2.39. The van der Waals surface area contributed by atoms with E-state index in [4.69, 9.17) is 9.84 Å². The number of fused-ring (bicyclic) bond motifs is 1. The van der Waals surface area contributed by atoms with Gasteiger partial charge >= 0.3 is 0 Å². The Kier molecular flexibility index (Phi) is 4.35. The average molecular weight is 349 g/mol. The molecule has 0 unspecified atom stereocenters. The number of aromatic nitrogens is 4. The van der Waals surface area contributed by atoms with Crippen LogP contribution < -0.4 is 4.74 Å². The number of ether oxygens (including phenoxy) is 1. The molecule has 0 bridgehead atoms. The van der Waals surface area contributed by atoms with Gasteiger partial charge in [0.05, 0.1) is 30.6 Å². The standard InChI is InChI=1S/C19H19N5O2/c1-26-18-4-3-15(12-21-18)19(25)23-9-2-10-24-16(13-23)11-17(22-24)14-5-7-20-8-6-14/h3-8,11-12H,2,9-10,13H2,1H3. The van der Waals surface area contributed by atoms with E-state index in [-0.39, 0.29) is 5.91 Å². The van der Waals surface area contributed by atoms with Crippen molar-refractivity contribution in [3.05, 3.63) is 60.2 Å². The van der Waals surface area contributed by atoms with E-state index in [2.05, 4.69) is 9.97 Å². The third-order valence-electron chi connectivity index (χ3n) is 4.47. The molecule has 0 aromatic carbocycles. The van der Waals surface area contributed by atoms with Crippen molar-refractivity contribution in [2.24, 2.45) is 0 Å². The Hall–Kier alpha value is -3.22. The molecule has 7 nitrogen and oxygen atoms in total. The molecule has 7 heteroatoms. The quantitative estimate of drug-likeness (QED) is 0.726. The lowest BCUT2D eigenvalue weighted by atomic mass is 10.2. The first kappa shape index (κ1) is 16.3. The Morgan fingerprint density at radius 3 is 2.73 bits per heavy atom. The molecule has 26 heavy (non-hydrogen) atoms. The lowest BCUT2D eigenvalue weighted by Crippen LogP contribution is -2.30. The van der Waals surface area contributed by atoms with Gasteiger partial charge in [-0.1, -0.05) is 0 Å². The summed E-state index contributed by atoms with van der Waals surface area (Å²) in [4.78, 5) is 22.9. The van der Waals surface area contributed by atoms with E-state index in [1.807, 2.05) is 27.8 Å². The Labute approximate surface area is 151 Å². The lowest BCUT2D eigenvalue weighted by Gasteiger charge is -2.19. The normalized spacial score (nSPS) is 13.8. The third kappa shape index (κ3) is 3.15. The Morgan fingerprint density at radius 1 is 1.15 bits per heavy atom. The number of carbonyl (C=O) groups is 1. The van der Waals surface area contributed by atoms with E-state index < -0.39 is 0 Å². The zero-order valence-electron chi connectivity index (χ0n) is 14.5. The van der Waals surface area contributed by atoms with Crippen LogP contribution in [0.1, 0.15) is 22.5 Å². The zero-order chi connectivity index (χ0) is 17.9. The molecule has 0 N–H and O–H groups in total. The van der Waals surface area contributed by atoms with E-state index in [0.29, 0.717) is 24.5 Å². The summed E-state index contributed by atoms with van der Waals surface area (Å²) in [5, 5.41) is 4.69. The van der Waals surface area contributed by atoms with Crippen LogP contribution in [0.4, 0.5) is 0 Å². The fraction of sp³-hybridized carbons (Fsp3) is 0.263. The van der Waals surface area contributed by atoms with Crippen molar-refractivity contribution in [2.45, 2.75) is 19.5 Å². The summed E-state index contributed by atoms with van der Waals surface area (Å²) in [7, 11) is 1.56. The van der Waals surface area contributed by atoms with Crippen molar-refractivity contribution in [2.75, 3.05) is 13.7 Å². The van der Waals surface area contributed by atoms with Gasteiger partial charge in [-0.2, -0.15) is 5.10 Å². The molecule has 4 heterocycles. The fourth-order valence-electron chi connectivity index (χ4n) is 3.11. The van der Waals surface area contributed by atoms with Crippen LogP contribution >= 0.6 is 0 Å². The van der Waals surface area contributed by atoms with Crippen LogP contribution in [0.2, 0.25) is 0 Å². The van der Waals surface area contributed by atoms with Crippen molar-refractivity contribution in [1.29, 1.82) is 0 Å². The molecular formula is C19H19N5O2. The van der Waals surface area contributed by atoms with Crippen LogP contribution in [0.15, 0.2) is 48.9 Å². The number of carbonyl (C=O) groups excluding carboxylic acids is 1. The van der Waals surface area contributed by atoms with Gasteiger partial charge in [-0.15, -0.1) is 0 Å². The van der Waals surface area contributed by atoms with Gasteiger partial charge < -0.3 is 9.64 Å². The smallest absolute Gasteiger partial charge is 0.255 e. The highest BCUT2D eigenvalue weighted by molar-refractivity contribution is 5.94. The summed E-state index contributed by atoms with van der Waals surface area (Å²) in [6, 6.07) is 9.38. The van der Waals surface area contributed by atoms with Gasteiger partial charge in [-0.05, 0) is 30.7 Å². The second-order valence-electron chi connectivity index (χ2n) is 6.15. The number of methoxy groups -OCH3 is 1. The molecule has 1 aliphatic rings. The molecule has 3 aromatic rings. The minimum absolute atomic E-state index is 0.0275. The Balaban J connectivity index is 1.57. The fourth-order valence-corrected chi connectivity index (χ4v) is 3.11. The number of amides is 1. The van der Waals surface area contributed by atoms with E-state index in [0.717, 1.165) is 29.9 Å². The minimum atomic E-state index is -0.0275. The molecule has 1 aliphatic heterocycles. The van der Waals surface area contributed by atoms with Gasteiger partial charge in [0.1, 0.15) is 0 Å². The third-order valence-corrected chi connectivity index (χ3v) is 4.47. The van der Waals surface area contributed by atoms with Crippen LogP contribution in [0.5, 0.6) is 5.88 Å². The minimum Gasteiger partial charge on any atom is -0.481 e. The molecule has 0 aliphatic carbocycles. The number of pyridine rings is 2. The molecule has 0 fully saturated rings. The molecule has 4 rings (SSSR count). The van der Waals surface area contributed by atoms with Crippen LogP contribution in [0.25, 0.3) is 11.3 Å². The topological polar surface area (TPSA) is 73.1 Å². The predicted molar refractivity (Wildman–Crippen MR) is 95.6 cm³/mol. The summed E-state index contributed by atoms with van der Waals surface area (Å²) in [6.45, 7) is 2.02. The summed E-state index contributed by atoms with van der Waals surface area (Å²) >= 11 is 0. The van der Waals surface area contributed by atoms with Crippen LogP contribution in [-0.2, 0) is 13.1 Å². The van der Waals surface area contributed by atoms with Gasteiger partial charge in [0.2, 0.25) is 5.88 Å². The highest BCUT2D eigenvalue weighted by Crippen LogP contribution is 2.22. The van der Waals surface area contributed by atoms with E-state index in [9.17, 15) is 4.79 Å². The first-order valence-corrected chi connectivity index (χ1v) is 8.51. The van der Waals surface area contributed by atoms with E-state index in [1.165, 1.54) is 0 Å². The maximum atomic E-state index is 12.8. The van der Waals surface area contributed by atoms with Gasteiger partial charge in [0, 0.05) is 43.3 Å². The first-order valence-electron chi connectivity index (χ1n) is 8.51. The van der Waals surface area contributed by atoms with Crippen molar-refractivity contribution >= 4 is 5.91 Å². The average Bonchev–Trinajstić information content (AvgIpc) is 3.00. The number of aryl methyl sites for hydroxylation is 1. The SMILES string of the molecule is COc1ccc(C(=O)N2CCCn3nc(-c4ccncc4)cc3C2)cn1. The number of hydrogen-bond acceptors (Lipinski definition) is 5. The van der Waals surface area contributed by atoms with E-state index in [1.54, 1.807) is 37.8 Å².